The summed E-state index contributed by atoms with van der Waals surface area (Å²) >= 11 is 0. The van der Waals surface area contributed by atoms with Crippen LogP contribution in [0.3, 0.4) is 0 Å². The van der Waals surface area contributed by atoms with Crippen LogP contribution >= 0.6 is 0 Å². The first kappa shape index (κ1) is 32.4. The molecule has 49 heavy (non-hydrogen) atoms. The van der Waals surface area contributed by atoms with Crippen LogP contribution in [0.15, 0.2) is 64.7 Å². The Morgan fingerprint density at radius 3 is 2.47 bits per heavy atom. The van der Waals surface area contributed by atoms with Crippen LogP contribution in [0.25, 0.3) is 27.8 Å². The topological polar surface area (TPSA) is 132 Å². The van der Waals surface area contributed by atoms with Crippen LogP contribution in [0, 0.1) is 0 Å². The summed E-state index contributed by atoms with van der Waals surface area (Å²) in [4.78, 5) is 53.3. The molecule has 13 heteroatoms. The molecule has 13 nitrogen and oxygen atoms in total. The molecule has 0 saturated carbocycles. The number of fused-ring (bicyclic) bond motifs is 3. The minimum atomic E-state index is -0.329. The molecule has 3 aliphatic heterocycles. The smallest absolute Gasteiger partial charge is 0.282 e. The van der Waals surface area contributed by atoms with Gasteiger partial charge >= 0.3 is 0 Å². The van der Waals surface area contributed by atoms with E-state index in [9.17, 15) is 14.4 Å². The van der Waals surface area contributed by atoms with Gasteiger partial charge in [0.05, 0.1) is 53.8 Å². The van der Waals surface area contributed by atoms with Crippen molar-refractivity contribution >= 4 is 34.4 Å². The molecule has 2 saturated heterocycles. The van der Waals surface area contributed by atoms with Gasteiger partial charge in [0, 0.05) is 63.4 Å². The lowest BCUT2D eigenvalue weighted by atomic mass is 10.0. The predicted octanol–water partition coefficient (Wildman–Crippen LogP) is 3.78. The van der Waals surface area contributed by atoms with Crippen LogP contribution in [-0.4, -0.2) is 85.5 Å². The maximum atomic E-state index is 13.7. The molecule has 0 atom stereocenters. The number of anilines is 3. The van der Waals surface area contributed by atoms with Crippen molar-refractivity contribution in [1.82, 2.24) is 33.8 Å². The zero-order valence-electron chi connectivity index (χ0n) is 28.1. The number of piperazine rings is 1. The van der Waals surface area contributed by atoms with E-state index in [0.29, 0.717) is 40.3 Å². The molecular formula is C36H41N9O4. The zero-order valence-corrected chi connectivity index (χ0v) is 28.1. The van der Waals surface area contributed by atoms with Crippen molar-refractivity contribution < 1.29 is 9.53 Å². The summed E-state index contributed by atoms with van der Waals surface area (Å²) in [5, 5.41) is 8.16. The molecule has 0 aliphatic carbocycles. The van der Waals surface area contributed by atoms with Gasteiger partial charge in [0.25, 0.3) is 11.1 Å². The number of aromatic nitrogens is 6. The minimum Gasteiger partial charge on any atom is -0.378 e. The average molecular weight is 664 g/mol. The molecule has 0 aromatic carbocycles. The van der Waals surface area contributed by atoms with Crippen LogP contribution in [-0.2, 0) is 24.8 Å². The Bertz CT molecular complexity index is 2110. The predicted molar refractivity (Wildman–Crippen MR) is 189 cm³/mol. The van der Waals surface area contributed by atoms with Crippen LogP contribution in [0.5, 0.6) is 0 Å². The summed E-state index contributed by atoms with van der Waals surface area (Å²) in [6.07, 6.45) is 10.4. The number of carbonyl (C=O) groups is 1. The number of aryl methyl sites for hydroxylation is 3. The van der Waals surface area contributed by atoms with Gasteiger partial charge in [-0.1, -0.05) is 13.8 Å². The van der Waals surface area contributed by atoms with E-state index >= 15 is 0 Å². The second-order valence-electron chi connectivity index (χ2n) is 12.4. The van der Waals surface area contributed by atoms with Gasteiger partial charge in [-0.05, 0) is 55.2 Å². The molecule has 254 valence electrons. The monoisotopic (exact) mass is 663 g/mol. The Kier molecular flexibility index (Phi) is 9.11. The number of carbonyl (C=O) groups excluding carboxylic acids is 1. The highest BCUT2D eigenvalue weighted by Gasteiger charge is 2.29. The van der Waals surface area contributed by atoms with Crippen molar-refractivity contribution in [2.24, 2.45) is 7.05 Å². The fraction of sp³-hybridized carbons (Fsp3) is 0.389. The maximum absolute atomic E-state index is 13.7. The number of rotatable bonds is 7. The van der Waals surface area contributed by atoms with Gasteiger partial charge in [-0.15, -0.1) is 0 Å². The van der Waals surface area contributed by atoms with Crippen LogP contribution in [0.4, 0.5) is 17.2 Å². The third kappa shape index (κ3) is 6.04. The number of nitrogens with zero attached hydrogens (tertiary/aromatic N) is 8. The average Bonchev–Trinajstić information content (AvgIpc) is 3.50. The molecule has 0 radical (unpaired) electrons. The van der Waals surface area contributed by atoms with Gasteiger partial charge in [0.15, 0.2) is 12.1 Å². The molecule has 0 amide bonds. The van der Waals surface area contributed by atoms with Crippen molar-refractivity contribution in [2.45, 2.75) is 45.7 Å². The second-order valence-corrected chi connectivity index (χ2v) is 12.4. The fourth-order valence-corrected chi connectivity index (χ4v) is 6.92. The Labute approximate surface area is 283 Å². The van der Waals surface area contributed by atoms with E-state index in [4.69, 9.17) is 4.74 Å². The molecule has 0 unspecified atom stereocenters. The molecular weight excluding hydrogens is 622 g/mol. The van der Waals surface area contributed by atoms with Crippen molar-refractivity contribution in [3.8, 4) is 16.9 Å². The third-order valence-corrected chi connectivity index (χ3v) is 9.62. The number of aldehydes is 1. The first-order valence-electron chi connectivity index (χ1n) is 17.0. The van der Waals surface area contributed by atoms with Gasteiger partial charge < -0.3 is 24.1 Å². The van der Waals surface area contributed by atoms with Crippen molar-refractivity contribution in [3.63, 3.8) is 0 Å². The van der Waals surface area contributed by atoms with Gasteiger partial charge in [-0.3, -0.25) is 19.3 Å². The molecule has 8 heterocycles. The van der Waals surface area contributed by atoms with E-state index in [2.05, 4.69) is 34.8 Å². The van der Waals surface area contributed by atoms with Crippen molar-refractivity contribution in [3.05, 3.63) is 87.1 Å². The summed E-state index contributed by atoms with van der Waals surface area (Å²) in [7, 11) is 1.65. The van der Waals surface area contributed by atoms with Crippen LogP contribution in [0.1, 0.15) is 42.7 Å². The quantitative estimate of drug-likeness (QED) is 0.257. The van der Waals surface area contributed by atoms with Crippen molar-refractivity contribution in [1.29, 1.82) is 0 Å². The van der Waals surface area contributed by atoms with E-state index in [1.165, 1.54) is 9.25 Å². The van der Waals surface area contributed by atoms with E-state index in [1.807, 2.05) is 38.2 Å². The van der Waals surface area contributed by atoms with E-state index < -0.39 is 0 Å². The third-order valence-electron chi connectivity index (χ3n) is 9.62. The summed E-state index contributed by atoms with van der Waals surface area (Å²) < 4.78 is 10.1. The van der Waals surface area contributed by atoms with Gasteiger partial charge in [-0.25, -0.2) is 9.97 Å². The fourth-order valence-electron chi connectivity index (χ4n) is 6.92. The second kappa shape index (κ2) is 13.8. The Hall–Kier alpha value is -5.14. The molecule has 0 spiro atoms. The Morgan fingerprint density at radius 2 is 1.76 bits per heavy atom. The Balaban J connectivity index is 0.00000186. The van der Waals surface area contributed by atoms with Gasteiger partial charge in [0.1, 0.15) is 11.5 Å². The first-order valence-corrected chi connectivity index (χ1v) is 17.0. The number of nitrogens with one attached hydrogen (secondary N) is 1. The van der Waals surface area contributed by atoms with E-state index in [1.54, 1.807) is 37.8 Å². The van der Waals surface area contributed by atoms with Gasteiger partial charge in [-0.2, -0.15) is 9.78 Å². The summed E-state index contributed by atoms with van der Waals surface area (Å²) in [6.45, 7) is 10.3. The Morgan fingerprint density at radius 1 is 0.939 bits per heavy atom. The lowest BCUT2D eigenvalue weighted by Crippen LogP contribution is -2.56. The molecule has 8 rings (SSSR count). The van der Waals surface area contributed by atoms with Crippen LogP contribution < -0.4 is 21.3 Å². The maximum Gasteiger partial charge on any atom is 0.282 e. The lowest BCUT2D eigenvalue weighted by Gasteiger charge is -2.43. The SMILES string of the molecule is CC.Cn1cc(-c2ccnc(-n3ncc4c(cc5n4CCCC5)c3=O)c2C=O)cc(Nc2ccc(N3CCN(C4COC4)CC3)cn2)c1=O. The highest BCUT2D eigenvalue weighted by molar-refractivity contribution is 5.92. The highest BCUT2D eigenvalue weighted by Crippen LogP contribution is 2.29. The number of hydrogen-bond acceptors (Lipinski definition) is 10. The van der Waals surface area contributed by atoms with Crippen LogP contribution in [0.2, 0.25) is 0 Å². The normalized spacial score (nSPS) is 16.4. The molecule has 1 N–H and O–H groups in total. The highest BCUT2D eigenvalue weighted by atomic mass is 16.5. The minimum absolute atomic E-state index is 0.135. The molecule has 0 bridgehead atoms. The number of ether oxygens (including phenoxy) is 1. The zero-order chi connectivity index (χ0) is 34.1. The van der Waals surface area contributed by atoms with E-state index in [-0.39, 0.29) is 22.5 Å². The summed E-state index contributed by atoms with van der Waals surface area (Å²) in [5.41, 5.74) is 3.97. The molecule has 5 aromatic heterocycles. The number of hydrogen-bond donors (Lipinski definition) is 1. The first-order chi connectivity index (χ1) is 24.0. The summed E-state index contributed by atoms with van der Waals surface area (Å²) in [6, 6.07) is 9.73. The standard InChI is InChI=1S/C34H35N9O4.C2H6/c1-39-18-22(14-29(34(39)46)38-31-6-5-24(16-36-31)40-10-12-41(13-11-40)25-20-47-21-25)26-7-8-35-32(28(26)19-44)43-33(45)27-15-23-4-2-3-9-42(23)30(27)17-37-43;1-2/h5-8,14-19,25H,2-4,9-13,20-21H2,1H3,(H,36,38);1-2H3. The molecule has 5 aromatic rings. The summed E-state index contributed by atoms with van der Waals surface area (Å²) in [5.74, 6) is 0.662. The molecule has 3 aliphatic rings. The van der Waals surface area contributed by atoms with Crippen molar-refractivity contribution in [2.75, 3.05) is 49.6 Å². The molecule has 2 fully saturated rings. The lowest BCUT2D eigenvalue weighted by molar-refractivity contribution is -0.0660. The largest absolute Gasteiger partial charge is 0.378 e. The number of pyridine rings is 3. The van der Waals surface area contributed by atoms with Gasteiger partial charge in [0.2, 0.25) is 0 Å². The van der Waals surface area contributed by atoms with E-state index in [0.717, 1.165) is 82.1 Å².